The minimum Gasteiger partial charge on any atom is -0.339 e. The van der Waals surface area contributed by atoms with E-state index < -0.39 is 47.7 Å². The van der Waals surface area contributed by atoms with Crippen LogP contribution in [0.25, 0.3) is 0 Å². The molecule has 2 N–H and O–H groups in total. The maximum Gasteiger partial charge on any atom is 0.408 e. The van der Waals surface area contributed by atoms with Crippen LogP contribution in [0.1, 0.15) is 113 Å². The Labute approximate surface area is 274 Å². The van der Waals surface area contributed by atoms with Gasteiger partial charge in [-0.2, -0.15) is 18.3 Å². The second-order valence-electron chi connectivity index (χ2n) is 13.5. The Kier molecular flexibility index (Phi) is 11.3. The van der Waals surface area contributed by atoms with Crippen molar-refractivity contribution < 1.29 is 31.9 Å². The van der Waals surface area contributed by atoms with Gasteiger partial charge in [-0.1, -0.05) is 70.3 Å². The molecule has 5 rings (SSSR count). The average Bonchev–Trinajstić information content (AvgIpc) is 3.76. The van der Waals surface area contributed by atoms with E-state index in [1.165, 1.54) is 19.1 Å². The van der Waals surface area contributed by atoms with E-state index in [2.05, 4.69) is 15.7 Å². The molecule has 47 heavy (non-hydrogen) atoms. The zero-order valence-corrected chi connectivity index (χ0v) is 27.3. The largest absolute Gasteiger partial charge is 0.408 e. The third-order valence-corrected chi connectivity index (χ3v) is 10.6. The van der Waals surface area contributed by atoms with Gasteiger partial charge in [0.1, 0.15) is 23.6 Å². The summed E-state index contributed by atoms with van der Waals surface area (Å²) in [6, 6.07) is 2.77. The number of carbonyl (C=O) groups is 3. The summed E-state index contributed by atoms with van der Waals surface area (Å²) < 4.78 is 57.7. The lowest BCUT2D eigenvalue weighted by Crippen LogP contribution is -2.53. The first-order chi connectivity index (χ1) is 22.5. The van der Waals surface area contributed by atoms with Crippen LogP contribution in [0.3, 0.4) is 0 Å². The van der Waals surface area contributed by atoms with Crippen LogP contribution in [0.4, 0.5) is 23.2 Å². The maximum absolute atomic E-state index is 15.6. The van der Waals surface area contributed by atoms with Crippen molar-refractivity contribution in [3.8, 4) is 0 Å². The maximum atomic E-state index is 15.6. The van der Waals surface area contributed by atoms with Gasteiger partial charge in [0.25, 0.3) is 5.91 Å². The topological polar surface area (TPSA) is 96.3 Å². The summed E-state index contributed by atoms with van der Waals surface area (Å²) in [5, 5.41) is 9.99. The molecule has 2 unspecified atom stereocenters. The van der Waals surface area contributed by atoms with Gasteiger partial charge in [0.15, 0.2) is 0 Å². The van der Waals surface area contributed by atoms with Crippen molar-refractivity contribution in [2.24, 2.45) is 17.8 Å². The number of anilines is 1. The first kappa shape index (κ1) is 34.9. The Morgan fingerprint density at radius 3 is 2.15 bits per heavy atom. The van der Waals surface area contributed by atoms with Crippen LogP contribution in [0.5, 0.6) is 0 Å². The van der Waals surface area contributed by atoms with E-state index in [4.69, 9.17) is 0 Å². The summed E-state index contributed by atoms with van der Waals surface area (Å²) in [6.45, 7) is 3.82. The van der Waals surface area contributed by atoms with Crippen LogP contribution in [0.2, 0.25) is 0 Å². The number of likely N-dealkylation sites (tertiary alicyclic amines) is 1. The fourth-order valence-electron chi connectivity index (χ4n) is 8.17. The van der Waals surface area contributed by atoms with E-state index >= 15 is 4.39 Å². The first-order valence-corrected chi connectivity index (χ1v) is 17.3. The Balaban J connectivity index is 1.39. The number of nitrogens with one attached hydrogen (secondary N) is 2. The second-order valence-corrected chi connectivity index (χ2v) is 13.5. The standard InChI is InChI=1S/C35H47F4N5O3/c1-3-44-28(18-19-40-44)32(45)42-31(30(23-11-6-4-7-12-23)24-13-8-5-9-14-24)33(46)41-27-17-16-25(21-26(27)36)22(2)34(47)43-20-10-15-29(43)35(37,38)39/h16-19,21-24,29-31H,3-15,20H2,1-2H3,(H,41,46)(H,42,45)/t22?,29-,31?/m0/s1. The summed E-state index contributed by atoms with van der Waals surface area (Å²) in [5.74, 6) is -3.09. The van der Waals surface area contributed by atoms with Crippen molar-refractivity contribution in [2.75, 3.05) is 11.9 Å². The molecule has 3 atom stereocenters. The molecule has 0 bridgehead atoms. The fourth-order valence-corrected chi connectivity index (χ4v) is 8.17. The molecule has 1 aliphatic heterocycles. The van der Waals surface area contributed by atoms with Crippen LogP contribution in [-0.4, -0.2) is 57.2 Å². The highest BCUT2D eigenvalue weighted by Gasteiger charge is 2.48. The third kappa shape index (κ3) is 8.00. The van der Waals surface area contributed by atoms with Crippen molar-refractivity contribution in [2.45, 2.75) is 122 Å². The van der Waals surface area contributed by atoms with Crippen molar-refractivity contribution in [3.63, 3.8) is 0 Å². The Morgan fingerprint density at radius 1 is 0.936 bits per heavy atom. The third-order valence-electron chi connectivity index (χ3n) is 10.6. The van der Waals surface area contributed by atoms with Gasteiger partial charge < -0.3 is 15.5 Å². The summed E-state index contributed by atoms with van der Waals surface area (Å²) in [4.78, 5) is 41.7. The molecule has 2 aromatic rings. The van der Waals surface area contributed by atoms with E-state index in [-0.39, 0.29) is 48.4 Å². The molecule has 3 aliphatic rings. The zero-order valence-electron chi connectivity index (χ0n) is 27.3. The highest BCUT2D eigenvalue weighted by Crippen LogP contribution is 2.42. The smallest absolute Gasteiger partial charge is 0.339 e. The van der Waals surface area contributed by atoms with Crippen LogP contribution < -0.4 is 10.6 Å². The molecule has 1 aromatic heterocycles. The molecular weight excluding hydrogens is 614 g/mol. The van der Waals surface area contributed by atoms with Crippen molar-refractivity contribution in [1.82, 2.24) is 20.0 Å². The number of nitrogens with zero attached hydrogens (tertiary/aromatic N) is 3. The minimum atomic E-state index is -4.53. The molecule has 2 saturated carbocycles. The number of rotatable bonds is 10. The number of amides is 3. The van der Waals surface area contributed by atoms with Crippen LogP contribution in [0.15, 0.2) is 30.5 Å². The van der Waals surface area contributed by atoms with Gasteiger partial charge in [0, 0.05) is 19.3 Å². The first-order valence-electron chi connectivity index (χ1n) is 17.3. The minimum absolute atomic E-state index is 0.000714. The number of aryl methyl sites for hydroxylation is 1. The summed E-state index contributed by atoms with van der Waals surface area (Å²) in [7, 11) is 0. The highest BCUT2D eigenvalue weighted by atomic mass is 19.4. The molecule has 0 spiro atoms. The lowest BCUT2D eigenvalue weighted by atomic mass is 9.66. The molecule has 3 fully saturated rings. The molecule has 1 aromatic carbocycles. The Hall–Kier alpha value is -3.44. The monoisotopic (exact) mass is 661 g/mol. The number of benzene rings is 1. The Bertz CT molecular complexity index is 1380. The lowest BCUT2D eigenvalue weighted by Gasteiger charge is -2.42. The number of aromatic nitrogens is 2. The molecule has 258 valence electrons. The van der Waals surface area contributed by atoms with Crippen LogP contribution >= 0.6 is 0 Å². The second kappa shape index (κ2) is 15.2. The molecule has 12 heteroatoms. The summed E-state index contributed by atoms with van der Waals surface area (Å²) in [5.41, 5.74) is 0.450. The quantitative estimate of drug-likeness (QED) is 0.263. The number of hydrogen-bond donors (Lipinski definition) is 2. The molecule has 1 saturated heterocycles. The van der Waals surface area contributed by atoms with Gasteiger partial charge in [-0.15, -0.1) is 0 Å². The predicted molar refractivity (Wildman–Crippen MR) is 170 cm³/mol. The molecule has 8 nitrogen and oxygen atoms in total. The Morgan fingerprint density at radius 2 is 1.57 bits per heavy atom. The van der Waals surface area contributed by atoms with E-state index in [1.807, 2.05) is 6.92 Å². The van der Waals surface area contributed by atoms with Crippen molar-refractivity contribution in [1.29, 1.82) is 0 Å². The van der Waals surface area contributed by atoms with Crippen LogP contribution in [0, 0.1) is 23.6 Å². The van der Waals surface area contributed by atoms with Gasteiger partial charge in [-0.05, 0) is 68.2 Å². The van der Waals surface area contributed by atoms with Crippen molar-refractivity contribution >= 4 is 23.4 Å². The number of halogens is 4. The van der Waals surface area contributed by atoms with Gasteiger partial charge in [0.05, 0.1) is 11.6 Å². The normalized spacial score (nSPS) is 21.1. The van der Waals surface area contributed by atoms with E-state index in [0.29, 0.717) is 12.2 Å². The fraction of sp³-hybridized carbons (Fsp3) is 0.657. The molecule has 0 radical (unpaired) electrons. The highest BCUT2D eigenvalue weighted by molar-refractivity contribution is 6.01. The average molecular weight is 662 g/mol. The number of hydrogen-bond acceptors (Lipinski definition) is 4. The van der Waals surface area contributed by atoms with E-state index in [1.54, 1.807) is 16.9 Å². The molecule has 2 heterocycles. The van der Waals surface area contributed by atoms with Gasteiger partial charge >= 0.3 is 6.18 Å². The van der Waals surface area contributed by atoms with Gasteiger partial charge in [-0.25, -0.2) is 4.39 Å². The summed E-state index contributed by atoms with van der Waals surface area (Å²) >= 11 is 0. The van der Waals surface area contributed by atoms with Gasteiger partial charge in [0.2, 0.25) is 11.8 Å². The molecule has 3 amide bonds. The SMILES string of the molecule is CCn1nccc1C(=O)NC(C(=O)Nc1ccc(C(C)C(=O)N2CCC[C@H]2C(F)(F)F)cc1F)C(C1CCCCC1)C1CCCCC1. The predicted octanol–water partition coefficient (Wildman–Crippen LogP) is 7.21. The van der Waals surface area contributed by atoms with Crippen molar-refractivity contribution in [3.05, 3.63) is 47.5 Å². The number of alkyl halides is 3. The lowest BCUT2D eigenvalue weighted by molar-refractivity contribution is -0.183. The molecule has 2 aliphatic carbocycles. The number of carbonyl (C=O) groups excluding carboxylic acids is 3. The van der Waals surface area contributed by atoms with E-state index in [0.717, 1.165) is 75.2 Å². The summed E-state index contributed by atoms with van der Waals surface area (Å²) in [6.07, 6.45) is 7.52. The van der Waals surface area contributed by atoms with Gasteiger partial charge in [-0.3, -0.25) is 19.1 Å². The van der Waals surface area contributed by atoms with E-state index in [9.17, 15) is 27.6 Å². The van der Waals surface area contributed by atoms with Crippen LogP contribution in [-0.2, 0) is 16.1 Å². The zero-order chi connectivity index (χ0) is 33.7. The molecular formula is C35H47F4N5O3.